The van der Waals surface area contributed by atoms with Gasteiger partial charge in [0.05, 0.1) is 13.2 Å². The van der Waals surface area contributed by atoms with Gasteiger partial charge in [0.1, 0.15) is 23.4 Å². The molecule has 0 heterocycles. The van der Waals surface area contributed by atoms with E-state index in [0.29, 0.717) is 22.2 Å². The number of hydrogen-bond acceptors (Lipinski definition) is 4. The number of amides is 1. The van der Waals surface area contributed by atoms with E-state index in [9.17, 15) is 9.18 Å². The van der Waals surface area contributed by atoms with Crippen LogP contribution in [0.3, 0.4) is 0 Å². The first kappa shape index (κ1) is 20.8. The van der Waals surface area contributed by atoms with Crippen LogP contribution >= 0.6 is 11.6 Å². The summed E-state index contributed by atoms with van der Waals surface area (Å²) in [7, 11) is 0. The van der Waals surface area contributed by atoms with Gasteiger partial charge >= 0.3 is 0 Å². The van der Waals surface area contributed by atoms with Gasteiger partial charge in [0.15, 0.2) is 0 Å². The van der Waals surface area contributed by atoms with Crippen LogP contribution in [0.15, 0.2) is 72.8 Å². The molecule has 29 heavy (non-hydrogen) atoms. The minimum absolute atomic E-state index is 0.0426. The van der Waals surface area contributed by atoms with Crippen LogP contribution in [0.5, 0.6) is 11.5 Å². The molecule has 0 aromatic heterocycles. The minimum atomic E-state index is -0.833. The highest BCUT2D eigenvalue weighted by atomic mass is 35.5. The van der Waals surface area contributed by atoms with Crippen molar-refractivity contribution in [2.75, 3.05) is 11.9 Å². The fraction of sp³-hybridized carbons (Fsp3) is 0.136. The van der Waals surface area contributed by atoms with E-state index >= 15 is 0 Å². The maximum Gasteiger partial charge on any atom is 0.243 e. The van der Waals surface area contributed by atoms with Crippen LogP contribution < -0.4 is 15.8 Å². The van der Waals surface area contributed by atoms with Crippen molar-refractivity contribution in [2.24, 2.45) is 5.73 Å². The van der Waals surface area contributed by atoms with E-state index in [0.717, 1.165) is 5.56 Å². The molecule has 0 bridgehead atoms. The van der Waals surface area contributed by atoms with E-state index in [1.807, 2.05) is 0 Å². The molecule has 3 N–H and O–H groups in total. The Morgan fingerprint density at radius 2 is 1.55 bits per heavy atom. The Bertz CT molecular complexity index is 932. The summed E-state index contributed by atoms with van der Waals surface area (Å²) in [5.74, 6) is 0.605. The summed E-state index contributed by atoms with van der Waals surface area (Å²) in [5.41, 5.74) is 7.26. The van der Waals surface area contributed by atoms with Crippen LogP contribution in [0.1, 0.15) is 5.56 Å². The lowest BCUT2D eigenvalue weighted by Crippen LogP contribution is -2.39. The Morgan fingerprint density at radius 3 is 2.17 bits per heavy atom. The van der Waals surface area contributed by atoms with Crippen LogP contribution in [0.4, 0.5) is 10.1 Å². The fourth-order valence-electron chi connectivity index (χ4n) is 2.44. The number of hydrogen-bond donors (Lipinski definition) is 2. The van der Waals surface area contributed by atoms with Crippen molar-refractivity contribution < 1.29 is 18.7 Å². The lowest BCUT2D eigenvalue weighted by atomic mass is 10.2. The number of anilines is 1. The van der Waals surface area contributed by atoms with Crippen LogP contribution in [-0.4, -0.2) is 18.6 Å². The summed E-state index contributed by atoms with van der Waals surface area (Å²) in [4.78, 5) is 12.2. The number of nitrogens with one attached hydrogen (secondary N) is 1. The SMILES string of the molecule is N[C@@H](COCc1ccc(F)cc1)C(=O)Nc1ccc(Oc2ccc(Cl)cc2)cc1. The Morgan fingerprint density at radius 1 is 0.966 bits per heavy atom. The highest BCUT2D eigenvalue weighted by molar-refractivity contribution is 6.30. The van der Waals surface area contributed by atoms with Crippen LogP contribution in [-0.2, 0) is 16.1 Å². The van der Waals surface area contributed by atoms with Crippen molar-refractivity contribution in [2.45, 2.75) is 12.6 Å². The molecule has 5 nitrogen and oxygen atoms in total. The molecule has 0 spiro atoms. The molecule has 0 radical (unpaired) electrons. The summed E-state index contributed by atoms with van der Waals surface area (Å²) in [6.45, 7) is 0.291. The molecule has 7 heteroatoms. The zero-order chi connectivity index (χ0) is 20.6. The quantitative estimate of drug-likeness (QED) is 0.557. The molecule has 3 aromatic rings. The Balaban J connectivity index is 1.45. The van der Waals surface area contributed by atoms with E-state index < -0.39 is 6.04 Å². The largest absolute Gasteiger partial charge is 0.457 e. The third-order valence-electron chi connectivity index (χ3n) is 3.99. The minimum Gasteiger partial charge on any atom is -0.457 e. The predicted molar refractivity (Wildman–Crippen MR) is 111 cm³/mol. The molecule has 150 valence electrons. The molecule has 0 fully saturated rings. The molecular weight excluding hydrogens is 395 g/mol. The predicted octanol–water partition coefficient (Wildman–Crippen LogP) is 4.75. The van der Waals surface area contributed by atoms with Gasteiger partial charge in [0.25, 0.3) is 0 Å². The molecule has 1 atom stereocenters. The van der Waals surface area contributed by atoms with Crippen molar-refractivity contribution in [3.8, 4) is 11.5 Å². The zero-order valence-electron chi connectivity index (χ0n) is 15.5. The second kappa shape index (κ2) is 10.0. The summed E-state index contributed by atoms with van der Waals surface area (Å²) in [6, 6.07) is 19.0. The maximum atomic E-state index is 12.9. The lowest BCUT2D eigenvalue weighted by Gasteiger charge is -2.13. The number of rotatable bonds is 8. The summed E-state index contributed by atoms with van der Waals surface area (Å²) in [5, 5.41) is 3.36. The van der Waals surface area contributed by atoms with Crippen LogP contribution in [0, 0.1) is 5.82 Å². The van der Waals surface area contributed by atoms with E-state index in [2.05, 4.69) is 5.32 Å². The number of ether oxygens (including phenoxy) is 2. The van der Waals surface area contributed by atoms with Crippen molar-refractivity contribution in [3.05, 3.63) is 89.2 Å². The van der Waals surface area contributed by atoms with Crippen molar-refractivity contribution >= 4 is 23.2 Å². The smallest absolute Gasteiger partial charge is 0.243 e. The molecule has 0 unspecified atom stereocenters. The van der Waals surface area contributed by atoms with E-state index in [-0.39, 0.29) is 24.9 Å². The van der Waals surface area contributed by atoms with Gasteiger partial charge in [0, 0.05) is 10.7 Å². The van der Waals surface area contributed by atoms with Gasteiger partial charge in [-0.1, -0.05) is 23.7 Å². The van der Waals surface area contributed by atoms with Gasteiger partial charge in [-0.2, -0.15) is 0 Å². The zero-order valence-corrected chi connectivity index (χ0v) is 16.2. The third kappa shape index (κ3) is 6.57. The lowest BCUT2D eigenvalue weighted by molar-refractivity contribution is -0.118. The summed E-state index contributed by atoms with van der Waals surface area (Å²) >= 11 is 5.85. The second-order valence-corrected chi connectivity index (χ2v) is 6.75. The first-order valence-electron chi connectivity index (χ1n) is 8.92. The van der Waals surface area contributed by atoms with Gasteiger partial charge in [-0.15, -0.1) is 0 Å². The highest BCUT2D eigenvalue weighted by Gasteiger charge is 2.14. The molecule has 0 saturated heterocycles. The van der Waals surface area contributed by atoms with Crippen molar-refractivity contribution in [1.29, 1.82) is 0 Å². The van der Waals surface area contributed by atoms with E-state index in [1.54, 1.807) is 60.7 Å². The average molecular weight is 415 g/mol. The molecule has 0 aliphatic rings. The normalized spacial score (nSPS) is 11.7. The monoisotopic (exact) mass is 414 g/mol. The Hall–Kier alpha value is -2.93. The second-order valence-electron chi connectivity index (χ2n) is 6.32. The Labute approximate surface area is 173 Å². The average Bonchev–Trinajstić information content (AvgIpc) is 2.72. The third-order valence-corrected chi connectivity index (χ3v) is 4.24. The number of carbonyl (C=O) groups excluding carboxylic acids is 1. The molecular formula is C22H20ClFN2O3. The molecule has 0 aliphatic heterocycles. The fourth-order valence-corrected chi connectivity index (χ4v) is 2.57. The molecule has 0 saturated carbocycles. The van der Waals surface area contributed by atoms with Crippen molar-refractivity contribution in [1.82, 2.24) is 0 Å². The first-order valence-corrected chi connectivity index (χ1v) is 9.29. The van der Waals surface area contributed by atoms with E-state index in [4.69, 9.17) is 26.8 Å². The molecule has 0 aliphatic carbocycles. The molecule has 3 rings (SSSR count). The van der Waals surface area contributed by atoms with Gasteiger partial charge in [-0.25, -0.2) is 4.39 Å². The van der Waals surface area contributed by atoms with E-state index in [1.165, 1.54) is 12.1 Å². The van der Waals surface area contributed by atoms with Gasteiger partial charge in [-0.05, 0) is 66.2 Å². The van der Waals surface area contributed by atoms with Gasteiger partial charge < -0.3 is 20.5 Å². The first-order chi connectivity index (χ1) is 14.0. The number of carbonyl (C=O) groups is 1. The van der Waals surface area contributed by atoms with Crippen LogP contribution in [0.25, 0.3) is 0 Å². The molecule has 3 aromatic carbocycles. The highest BCUT2D eigenvalue weighted by Crippen LogP contribution is 2.24. The molecule has 1 amide bonds. The number of nitrogens with two attached hydrogens (primary N) is 1. The standard InChI is InChI=1S/C22H20ClFN2O3/c23-16-3-9-19(10-4-16)29-20-11-7-18(8-12-20)26-22(27)21(25)14-28-13-15-1-5-17(24)6-2-15/h1-12,21H,13-14,25H2,(H,26,27)/t21-/m0/s1. The number of halogens is 2. The Kier molecular flexibility index (Phi) is 7.19. The van der Waals surface area contributed by atoms with Gasteiger partial charge in [0.2, 0.25) is 5.91 Å². The maximum absolute atomic E-state index is 12.9. The summed E-state index contributed by atoms with van der Waals surface area (Å²) < 4.78 is 24.0. The van der Waals surface area contributed by atoms with Crippen molar-refractivity contribution in [3.63, 3.8) is 0 Å². The topological polar surface area (TPSA) is 73.6 Å². The number of benzene rings is 3. The van der Waals surface area contributed by atoms with Crippen LogP contribution in [0.2, 0.25) is 5.02 Å². The van der Waals surface area contributed by atoms with Gasteiger partial charge in [-0.3, -0.25) is 4.79 Å². The summed E-state index contributed by atoms with van der Waals surface area (Å²) in [6.07, 6.45) is 0.